The smallest absolute Gasteiger partial charge is 0.179 e. The molecule has 6 nitrogen and oxygen atoms in total. The minimum Gasteiger partial charge on any atom is -0.493 e. The summed E-state index contributed by atoms with van der Waals surface area (Å²) in [5.41, 5.74) is 1.85. The van der Waals surface area contributed by atoms with E-state index in [0.717, 1.165) is 79.8 Å². The average molecular weight is 602 g/mol. The maximum atomic E-state index is 14.0. The largest absolute Gasteiger partial charge is 0.493 e. The van der Waals surface area contributed by atoms with Crippen molar-refractivity contribution in [1.29, 1.82) is 0 Å². The predicted octanol–water partition coefficient (Wildman–Crippen LogP) is 7.04. The van der Waals surface area contributed by atoms with Crippen molar-refractivity contribution in [3.05, 3.63) is 53.6 Å². The highest BCUT2D eigenvalue weighted by atomic mass is 32.2. The Balaban J connectivity index is 2.01. The van der Waals surface area contributed by atoms with Crippen molar-refractivity contribution in [1.82, 2.24) is 0 Å². The highest BCUT2D eigenvalue weighted by molar-refractivity contribution is 7.91. The third-order valence-corrected chi connectivity index (χ3v) is 12.0. The summed E-state index contributed by atoms with van der Waals surface area (Å²) in [5, 5.41) is 12.4. The van der Waals surface area contributed by atoms with E-state index in [1.54, 1.807) is 6.07 Å². The van der Waals surface area contributed by atoms with E-state index < -0.39 is 27.3 Å². The number of anilines is 1. The van der Waals surface area contributed by atoms with Crippen LogP contribution >= 0.6 is 0 Å². The van der Waals surface area contributed by atoms with Gasteiger partial charge in [0, 0.05) is 37.5 Å². The van der Waals surface area contributed by atoms with Gasteiger partial charge in [0.2, 0.25) is 0 Å². The predicted molar refractivity (Wildman–Crippen MR) is 175 cm³/mol. The van der Waals surface area contributed by atoms with Gasteiger partial charge in [-0.3, -0.25) is 0 Å². The molecule has 0 saturated carbocycles. The summed E-state index contributed by atoms with van der Waals surface area (Å²) < 4.78 is 35.3. The molecule has 2 aromatic carbocycles. The fourth-order valence-electron chi connectivity index (χ4n) is 6.90. The van der Waals surface area contributed by atoms with E-state index in [4.69, 9.17) is 4.74 Å². The first-order valence-electron chi connectivity index (χ1n) is 16.3. The number of aliphatic hydroxyl groups excluding tert-OH is 1. The Morgan fingerprint density at radius 1 is 0.905 bits per heavy atom. The molecule has 236 valence electrons. The van der Waals surface area contributed by atoms with E-state index in [9.17, 15) is 13.5 Å². The van der Waals surface area contributed by atoms with Gasteiger partial charge in [-0.15, -0.1) is 0 Å². The van der Waals surface area contributed by atoms with Crippen molar-refractivity contribution in [3.8, 4) is 5.75 Å². The lowest BCUT2D eigenvalue weighted by Gasteiger charge is -2.40. The van der Waals surface area contributed by atoms with Crippen molar-refractivity contribution in [3.63, 3.8) is 0 Å². The van der Waals surface area contributed by atoms with Gasteiger partial charge < -0.3 is 19.2 Å². The first-order chi connectivity index (χ1) is 20.0. The molecule has 0 fully saturated rings. The normalized spacial score (nSPS) is 19.6. The molecule has 3 rings (SSSR count). The van der Waals surface area contributed by atoms with Gasteiger partial charge >= 0.3 is 0 Å². The maximum Gasteiger partial charge on any atom is 0.179 e. The van der Waals surface area contributed by atoms with Crippen LogP contribution in [0.3, 0.4) is 0 Å². The molecule has 0 bridgehead atoms. The molecule has 2 atom stereocenters. The molecule has 0 radical (unpaired) electrons. The van der Waals surface area contributed by atoms with Crippen LogP contribution in [0.2, 0.25) is 0 Å². The van der Waals surface area contributed by atoms with Gasteiger partial charge in [-0.25, -0.2) is 8.42 Å². The van der Waals surface area contributed by atoms with Gasteiger partial charge in [0.05, 0.1) is 49.5 Å². The van der Waals surface area contributed by atoms with E-state index in [2.05, 4.69) is 34.6 Å². The molecular formula is C35H57N2O4S+. The zero-order valence-electron chi connectivity index (χ0n) is 27.4. The van der Waals surface area contributed by atoms with E-state index in [-0.39, 0.29) is 5.75 Å². The molecule has 1 aliphatic heterocycles. The van der Waals surface area contributed by atoms with Crippen molar-refractivity contribution in [2.45, 2.75) is 96.5 Å². The van der Waals surface area contributed by atoms with Crippen LogP contribution in [0.15, 0.2) is 47.4 Å². The molecule has 1 N–H and O–H groups in total. The summed E-state index contributed by atoms with van der Waals surface area (Å²) in [6, 6.07) is 13.6. The summed E-state index contributed by atoms with van der Waals surface area (Å²) in [4.78, 5) is 2.35. The molecule has 0 aromatic heterocycles. The minimum absolute atomic E-state index is 0.0134. The zero-order chi connectivity index (χ0) is 31.0. The lowest BCUT2D eigenvalue weighted by atomic mass is 9.68. The molecule has 1 aliphatic rings. The number of hydrogen-bond donors (Lipinski definition) is 1. The number of rotatable bonds is 16. The number of unbranched alkanes of at least 4 members (excludes halogenated alkanes) is 2. The Bertz CT molecular complexity index is 1210. The number of nitrogens with zero attached hydrogens (tertiary/aromatic N) is 2. The maximum absolute atomic E-state index is 14.0. The summed E-state index contributed by atoms with van der Waals surface area (Å²) in [6.07, 6.45) is 5.28. The number of sulfone groups is 1. The summed E-state index contributed by atoms with van der Waals surface area (Å²) in [5.74, 6) is 0.347. The van der Waals surface area contributed by atoms with Gasteiger partial charge in [-0.05, 0) is 75.1 Å². The highest BCUT2D eigenvalue weighted by Gasteiger charge is 2.49. The molecule has 7 heteroatoms. The molecule has 42 heavy (non-hydrogen) atoms. The van der Waals surface area contributed by atoms with Crippen molar-refractivity contribution in [2.75, 3.05) is 57.5 Å². The zero-order valence-corrected chi connectivity index (χ0v) is 28.2. The molecular weight excluding hydrogens is 544 g/mol. The Labute approximate surface area is 256 Å². The van der Waals surface area contributed by atoms with Crippen molar-refractivity contribution in [2.24, 2.45) is 5.41 Å². The number of quaternary nitrogens is 1. The fourth-order valence-corrected chi connectivity index (χ4v) is 9.09. The number of aliphatic hydroxyl groups is 1. The summed E-state index contributed by atoms with van der Waals surface area (Å²) in [7, 11) is 0.310. The van der Waals surface area contributed by atoms with Crippen molar-refractivity contribution >= 4 is 15.5 Å². The number of fused-ring (bicyclic) bond motifs is 1. The summed E-state index contributed by atoms with van der Waals surface area (Å²) in [6.45, 7) is 16.2. The van der Waals surface area contributed by atoms with Crippen LogP contribution in [0.4, 0.5) is 5.69 Å². The van der Waals surface area contributed by atoms with Gasteiger partial charge in [0.1, 0.15) is 5.75 Å². The first kappa shape index (κ1) is 34.4. The van der Waals surface area contributed by atoms with Crippen LogP contribution in [0.5, 0.6) is 5.75 Å². The Kier molecular flexibility index (Phi) is 12.3. The second-order valence-corrected chi connectivity index (χ2v) is 14.6. The van der Waals surface area contributed by atoms with Gasteiger partial charge in [-0.1, -0.05) is 51.7 Å². The third kappa shape index (κ3) is 7.70. The molecule has 0 aliphatic carbocycles. The number of benzene rings is 2. The average Bonchev–Trinajstić information content (AvgIpc) is 3.06. The van der Waals surface area contributed by atoms with E-state index in [1.807, 2.05) is 55.4 Å². The van der Waals surface area contributed by atoms with E-state index >= 15 is 0 Å². The second-order valence-electron chi connectivity index (χ2n) is 12.7. The minimum atomic E-state index is -3.61. The van der Waals surface area contributed by atoms with Crippen LogP contribution in [0, 0.1) is 5.41 Å². The molecule has 0 unspecified atom stereocenters. The number of hydrogen-bond acceptors (Lipinski definition) is 5. The number of ether oxygens (including phenoxy) is 1. The lowest BCUT2D eigenvalue weighted by Crippen LogP contribution is -2.48. The topological polar surface area (TPSA) is 66.8 Å². The molecule has 2 aromatic rings. The SMILES string of the molecule is CCCCC1(CCCC)CS(=O)(=O)c2ccc(N(C)C)cc2[C@@H](c2ccc(OCCC[N+](CC)(CC)CC)cc2)[C@H]1O. The lowest BCUT2D eigenvalue weighted by molar-refractivity contribution is -0.923. The van der Waals surface area contributed by atoms with Gasteiger partial charge in [0.15, 0.2) is 9.84 Å². The Morgan fingerprint density at radius 2 is 1.50 bits per heavy atom. The highest BCUT2D eigenvalue weighted by Crippen LogP contribution is 2.50. The summed E-state index contributed by atoms with van der Waals surface area (Å²) >= 11 is 0. The van der Waals surface area contributed by atoms with E-state index in [1.165, 1.54) is 0 Å². The molecule has 0 spiro atoms. The van der Waals surface area contributed by atoms with Crippen LogP contribution in [-0.2, 0) is 9.84 Å². The molecule has 0 saturated heterocycles. The standard InChI is InChI=1S/C35H57N2O4S/c1-8-13-22-35(23-14-9-2)27-42(39,40)32-21-18-29(36(6)7)26-31(32)33(34(35)38)28-16-19-30(20-17-28)41-25-15-24-37(10-3,11-4)12-5/h16-21,26,33-34,38H,8-15,22-25,27H2,1-7H3/q+1/t33-,34-/m1/s1. The first-order valence-corrected chi connectivity index (χ1v) is 18.0. The molecule has 0 amide bonds. The van der Waals surface area contributed by atoms with Crippen LogP contribution in [0.25, 0.3) is 0 Å². The van der Waals surface area contributed by atoms with Crippen LogP contribution < -0.4 is 9.64 Å². The van der Waals surface area contributed by atoms with E-state index in [0.29, 0.717) is 29.9 Å². The fraction of sp³-hybridized carbons (Fsp3) is 0.657. The van der Waals surface area contributed by atoms with Crippen molar-refractivity contribution < 1.29 is 22.7 Å². The van der Waals surface area contributed by atoms with Gasteiger partial charge in [0.25, 0.3) is 0 Å². The third-order valence-electron chi connectivity index (χ3n) is 9.95. The second kappa shape index (κ2) is 15.1. The van der Waals surface area contributed by atoms with Crippen LogP contribution in [-0.4, -0.2) is 76.7 Å². The Hall–Kier alpha value is -2.09. The quantitative estimate of drug-likeness (QED) is 0.165. The van der Waals surface area contributed by atoms with Gasteiger partial charge in [-0.2, -0.15) is 0 Å². The molecule has 1 heterocycles. The Morgan fingerprint density at radius 3 is 2.02 bits per heavy atom. The van der Waals surface area contributed by atoms with Crippen LogP contribution in [0.1, 0.15) is 96.6 Å². The monoisotopic (exact) mass is 601 g/mol.